The molecule has 1 N–H and O–H groups in total. The molecule has 0 amide bonds. The normalized spacial score (nSPS) is 10.2. The highest BCUT2D eigenvalue weighted by Gasteiger charge is 2.13. The van der Waals surface area contributed by atoms with Crippen LogP contribution in [-0.2, 0) is 0 Å². The van der Waals surface area contributed by atoms with Gasteiger partial charge in [-0.3, -0.25) is 4.79 Å². The van der Waals surface area contributed by atoms with E-state index < -0.39 is 0 Å². The number of thiol groups is 1. The molecule has 0 atom stereocenters. The molecule has 0 unspecified atom stereocenters. The summed E-state index contributed by atoms with van der Waals surface area (Å²) in [5, 5.41) is 9.96. The molecule has 2 aromatic rings. The van der Waals surface area contributed by atoms with Crippen LogP contribution in [0.25, 0.3) is 0 Å². The molecule has 0 saturated heterocycles. The standard InChI is InChI=1S/C16H16O3S/c17-15-11-13(19-9-4-10-20)7-8-14(15)16(18)12-5-2-1-3-6-12/h1-3,5-8,11,17,20H,4,9-10H2. The molecule has 4 heteroatoms. The zero-order chi connectivity index (χ0) is 14.4. The Kier molecular flexibility index (Phi) is 5.07. The number of carbonyl (C=O) groups excluding carboxylic acids is 1. The summed E-state index contributed by atoms with van der Waals surface area (Å²) in [6.45, 7) is 0.537. The molecular weight excluding hydrogens is 272 g/mol. The maximum absolute atomic E-state index is 12.2. The second kappa shape index (κ2) is 7.01. The van der Waals surface area contributed by atoms with Gasteiger partial charge in [0.25, 0.3) is 0 Å². The van der Waals surface area contributed by atoms with Gasteiger partial charge in [0.05, 0.1) is 12.2 Å². The van der Waals surface area contributed by atoms with Crippen molar-refractivity contribution in [2.75, 3.05) is 12.4 Å². The monoisotopic (exact) mass is 288 g/mol. The highest BCUT2D eigenvalue weighted by Crippen LogP contribution is 2.26. The average molecular weight is 288 g/mol. The number of carbonyl (C=O) groups is 1. The van der Waals surface area contributed by atoms with Crippen molar-refractivity contribution in [3.63, 3.8) is 0 Å². The lowest BCUT2D eigenvalue weighted by molar-refractivity contribution is 0.103. The number of phenolic OH excluding ortho intramolecular Hbond substituents is 1. The zero-order valence-electron chi connectivity index (χ0n) is 11.0. The molecule has 0 heterocycles. The smallest absolute Gasteiger partial charge is 0.196 e. The molecule has 0 spiro atoms. The van der Waals surface area contributed by atoms with Crippen molar-refractivity contribution in [2.45, 2.75) is 6.42 Å². The van der Waals surface area contributed by atoms with Crippen LogP contribution in [0.3, 0.4) is 0 Å². The van der Waals surface area contributed by atoms with E-state index in [9.17, 15) is 9.90 Å². The first-order valence-corrected chi connectivity index (χ1v) is 7.02. The largest absolute Gasteiger partial charge is 0.507 e. The summed E-state index contributed by atoms with van der Waals surface area (Å²) in [4.78, 5) is 12.2. The summed E-state index contributed by atoms with van der Waals surface area (Å²) in [7, 11) is 0. The lowest BCUT2D eigenvalue weighted by Crippen LogP contribution is -2.02. The van der Waals surface area contributed by atoms with Crippen LogP contribution < -0.4 is 4.74 Å². The van der Waals surface area contributed by atoms with E-state index in [2.05, 4.69) is 12.6 Å². The van der Waals surface area contributed by atoms with Gasteiger partial charge in [-0.2, -0.15) is 12.6 Å². The third-order valence-electron chi connectivity index (χ3n) is 2.82. The molecule has 104 valence electrons. The van der Waals surface area contributed by atoms with Gasteiger partial charge in [0.1, 0.15) is 11.5 Å². The minimum absolute atomic E-state index is 0.0674. The summed E-state index contributed by atoms with van der Waals surface area (Å²) >= 11 is 4.10. The Balaban J connectivity index is 2.15. The molecule has 0 bridgehead atoms. The Hall–Kier alpha value is -1.94. The Morgan fingerprint density at radius 2 is 1.90 bits per heavy atom. The highest BCUT2D eigenvalue weighted by molar-refractivity contribution is 7.80. The number of aromatic hydroxyl groups is 1. The summed E-state index contributed by atoms with van der Waals surface area (Å²) in [5.74, 6) is 1.03. The minimum atomic E-state index is -0.204. The SMILES string of the molecule is O=C(c1ccccc1)c1ccc(OCCCS)cc1O. The van der Waals surface area contributed by atoms with Gasteiger partial charge in [0, 0.05) is 11.6 Å². The minimum Gasteiger partial charge on any atom is -0.507 e. The van der Waals surface area contributed by atoms with E-state index in [0.717, 1.165) is 12.2 Å². The average Bonchev–Trinajstić information content (AvgIpc) is 2.48. The van der Waals surface area contributed by atoms with Gasteiger partial charge < -0.3 is 9.84 Å². The molecule has 3 nitrogen and oxygen atoms in total. The molecule has 20 heavy (non-hydrogen) atoms. The summed E-state index contributed by atoms with van der Waals surface area (Å²) in [6, 6.07) is 13.6. The van der Waals surface area contributed by atoms with Gasteiger partial charge in [-0.05, 0) is 24.3 Å². The third-order valence-corrected chi connectivity index (χ3v) is 3.14. The number of rotatable bonds is 6. The number of phenols is 1. The predicted molar refractivity (Wildman–Crippen MR) is 81.9 cm³/mol. The van der Waals surface area contributed by atoms with Gasteiger partial charge in [-0.15, -0.1) is 0 Å². The lowest BCUT2D eigenvalue weighted by atomic mass is 10.0. The van der Waals surface area contributed by atoms with Crippen LogP contribution >= 0.6 is 12.6 Å². The van der Waals surface area contributed by atoms with Gasteiger partial charge in [-0.25, -0.2) is 0 Å². The quantitative estimate of drug-likeness (QED) is 0.487. The van der Waals surface area contributed by atoms with Crippen molar-refractivity contribution < 1.29 is 14.6 Å². The number of benzene rings is 2. The molecule has 0 aliphatic carbocycles. The molecule has 0 aliphatic heterocycles. The zero-order valence-corrected chi connectivity index (χ0v) is 11.8. The Morgan fingerprint density at radius 1 is 1.15 bits per heavy atom. The molecule has 0 saturated carbocycles. The van der Waals surface area contributed by atoms with Crippen molar-refractivity contribution in [1.82, 2.24) is 0 Å². The number of ether oxygens (including phenoxy) is 1. The Bertz CT molecular complexity index is 582. The van der Waals surface area contributed by atoms with Gasteiger partial charge in [0.15, 0.2) is 5.78 Å². The number of hydrogen-bond acceptors (Lipinski definition) is 4. The summed E-state index contributed by atoms with van der Waals surface area (Å²) in [5.41, 5.74) is 0.823. The van der Waals surface area contributed by atoms with Crippen molar-refractivity contribution in [1.29, 1.82) is 0 Å². The Labute approximate surface area is 123 Å². The number of hydrogen-bond donors (Lipinski definition) is 2. The van der Waals surface area contributed by atoms with Crippen molar-refractivity contribution in [3.8, 4) is 11.5 Å². The first-order valence-electron chi connectivity index (χ1n) is 6.39. The topological polar surface area (TPSA) is 46.5 Å². The van der Waals surface area contributed by atoms with E-state index >= 15 is 0 Å². The van der Waals surface area contributed by atoms with E-state index in [0.29, 0.717) is 17.9 Å². The molecule has 2 rings (SSSR count). The number of ketones is 1. The third kappa shape index (κ3) is 3.54. The van der Waals surface area contributed by atoms with Gasteiger partial charge in [0.2, 0.25) is 0 Å². The maximum atomic E-state index is 12.2. The fourth-order valence-corrected chi connectivity index (χ4v) is 1.92. The van der Waals surface area contributed by atoms with Crippen molar-refractivity contribution in [3.05, 3.63) is 59.7 Å². The summed E-state index contributed by atoms with van der Waals surface area (Å²) in [6.07, 6.45) is 0.828. The molecule has 2 aromatic carbocycles. The lowest BCUT2D eigenvalue weighted by Gasteiger charge is -2.08. The fraction of sp³-hybridized carbons (Fsp3) is 0.188. The molecule has 0 fully saturated rings. The van der Waals surface area contributed by atoms with Crippen LogP contribution in [0.15, 0.2) is 48.5 Å². The molecule has 0 aliphatic rings. The van der Waals surface area contributed by atoms with Crippen LogP contribution in [-0.4, -0.2) is 23.2 Å². The van der Waals surface area contributed by atoms with Crippen molar-refractivity contribution in [2.24, 2.45) is 0 Å². The van der Waals surface area contributed by atoms with Crippen LogP contribution in [0.5, 0.6) is 11.5 Å². The van der Waals surface area contributed by atoms with Crippen LogP contribution in [0, 0.1) is 0 Å². The maximum Gasteiger partial charge on any atom is 0.196 e. The van der Waals surface area contributed by atoms with Gasteiger partial charge >= 0.3 is 0 Å². The highest BCUT2D eigenvalue weighted by atomic mass is 32.1. The first-order chi connectivity index (χ1) is 9.72. The molecular formula is C16H16O3S. The molecule has 0 radical (unpaired) electrons. The van der Waals surface area contributed by atoms with Crippen LogP contribution in [0.2, 0.25) is 0 Å². The molecule has 0 aromatic heterocycles. The van der Waals surface area contributed by atoms with E-state index in [1.54, 1.807) is 36.4 Å². The first kappa shape index (κ1) is 14.5. The van der Waals surface area contributed by atoms with E-state index in [1.807, 2.05) is 6.07 Å². The van der Waals surface area contributed by atoms with Crippen molar-refractivity contribution >= 4 is 18.4 Å². The predicted octanol–water partition coefficient (Wildman–Crippen LogP) is 3.32. The van der Waals surface area contributed by atoms with Crippen LogP contribution in [0.4, 0.5) is 0 Å². The summed E-state index contributed by atoms with van der Waals surface area (Å²) < 4.78 is 5.45. The van der Waals surface area contributed by atoms with E-state index in [4.69, 9.17) is 4.74 Å². The fourth-order valence-electron chi connectivity index (χ4n) is 1.79. The Morgan fingerprint density at radius 3 is 2.55 bits per heavy atom. The van der Waals surface area contributed by atoms with E-state index in [1.165, 1.54) is 6.07 Å². The van der Waals surface area contributed by atoms with E-state index in [-0.39, 0.29) is 17.1 Å². The second-order valence-corrected chi connectivity index (χ2v) is 4.75. The second-order valence-electron chi connectivity index (χ2n) is 4.30. The van der Waals surface area contributed by atoms with Gasteiger partial charge in [-0.1, -0.05) is 30.3 Å². The van der Waals surface area contributed by atoms with Crippen LogP contribution in [0.1, 0.15) is 22.3 Å².